The maximum atomic E-state index is 12.7. The van der Waals surface area contributed by atoms with E-state index in [2.05, 4.69) is 31.0 Å². The number of hydrogen-bond donors (Lipinski definition) is 1. The van der Waals surface area contributed by atoms with E-state index in [0.29, 0.717) is 28.2 Å². The van der Waals surface area contributed by atoms with Gasteiger partial charge in [0.05, 0.1) is 39.2 Å². The molecule has 0 bridgehead atoms. The molecule has 2 aromatic carbocycles. The van der Waals surface area contributed by atoms with E-state index in [1.807, 2.05) is 30.3 Å². The first-order valence-electron chi connectivity index (χ1n) is 8.27. The van der Waals surface area contributed by atoms with Gasteiger partial charge in [-0.3, -0.25) is 0 Å². The Bertz CT molecular complexity index is 1050. The fourth-order valence-electron chi connectivity index (χ4n) is 2.56. The smallest absolute Gasteiger partial charge is 0.242 e. The maximum absolute atomic E-state index is 12.7. The van der Waals surface area contributed by atoms with Crippen molar-refractivity contribution in [1.29, 1.82) is 0 Å². The zero-order valence-corrected chi connectivity index (χ0v) is 17.7. The fourth-order valence-corrected chi connectivity index (χ4v) is 4.59. The van der Waals surface area contributed by atoms with Crippen molar-refractivity contribution < 1.29 is 17.9 Å². The highest BCUT2D eigenvalue weighted by Crippen LogP contribution is 2.35. The lowest BCUT2D eigenvalue weighted by atomic mass is 10.2. The van der Waals surface area contributed by atoms with Gasteiger partial charge in [-0.1, -0.05) is 35.5 Å². The van der Waals surface area contributed by atoms with Crippen molar-refractivity contribution in [3.8, 4) is 11.5 Å². The monoisotopic (exact) mass is 466 g/mol. The van der Waals surface area contributed by atoms with Gasteiger partial charge in [0, 0.05) is 10.5 Å². The predicted octanol–water partition coefficient (Wildman–Crippen LogP) is 2.58. The molecule has 0 fully saturated rings. The molecule has 0 spiro atoms. The largest absolute Gasteiger partial charge is 0.493 e. The average molecular weight is 467 g/mol. The number of benzene rings is 2. The van der Waals surface area contributed by atoms with Crippen molar-refractivity contribution in [3.63, 3.8) is 0 Å². The quantitative estimate of drug-likeness (QED) is 0.547. The number of rotatable bonds is 8. The van der Waals surface area contributed by atoms with Crippen LogP contribution in [0.4, 0.5) is 0 Å². The minimum absolute atomic E-state index is 0.0118. The molecule has 0 saturated carbocycles. The SMILES string of the molecule is COc1cc(Br)c(S(=O)(=O)NCc2cn(Cc3ccccc3)nn2)cc1OC. The Balaban J connectivity index is 1.72. The van der Waals surface area contributed by atoms with Crippen LogP contribution in [0.3, 0.4) is 0 Å². The third kappa shape index (κ3) is 4.70. The summed E-state index contributed by atoms with van der Waals surface area (Å²) in [6, 6.07) is 12.8. The zero-order valence-electron chi connectivity index (χ0n) is 15.3. The Morgan fingerprint density at radius 2 is 1.79 bits per heavy atom. The van der Waals surface area contributed by atoms with Gasteiger partial charge in [-0.25, -0.2) is 17.8 Å². The zero-order chi connectivity index (χ0) is 20.1. The third-order valence-electron chi connectivity index (χ3n) is 3.94. The highest BCUT2D eigenvalue weighted by Gasteiger charge is 2.21. The molecule has 1 heterocycles. The molecule has 148 valence electrons. The van der Waals surface area contributed by atoms with Crippen LogP contribution in [0.25, 0.3) is 0 Å². The van der Waals surface area contributed by atoms with E-state index in [-0.39, 0.29) is 11.4 Å². The number of methoxy groups -OCH3 is 2. The summed E-state index contributed by atoms with van der Waals surface area (Å²) in [5.41, 5.74) is 1.59. The second-order valence-electron chi connectivity index (χ2n) is 5.86. The van der Waals surface area contributed by atoms with E-state index >= 15 is 0 Å². The number of ether oxygens (including phenoxy) is 2. The van der Waals surface area contributed by atoms with E-state index < -0.39 is 10.0 Å². The molecule has 1 aromatic heterocycles. The van der Waals surface area contributed by atoms with Crippen molar-refractivity contribution in [3.05, 3.63) is 64.4 Å². The Hall–Kier alpha value is -2.43. The van der Waals surface area contributed by atoms with Crippen molar-refractivity contribution in [1.82, 2.24) is 19.7 Å². The van der Waals surface area contributed by atoms with E-state index in [4.69, 9.17) is 9.47 Å². The van der Waals surface area contributed by atoms with Crippen LogP contribution in [0.2, 0.25) is 0 Å². The van der Waals surface area contributed by atoms with E-state index in [9.17, 15) is 8.42 Å². The first-order chi connectivity index (χ1) is 13.4. The second-order valence-corrected chi connectivity index (χ2v) is 8.44. The maximum Gasteiger partial charge on any atom is 0.242 e. The van der Waals surface area contributed by atoms with Gasteiger partial charge in [0.15, 0.2) is 11.5 Å². The summed E-state index contributed by atoms with van der Waals surface area (Å²) >= 11 is 3.27. The second kappa shape index (κ2) is 8.72. The Labute approximate surface area is 171 Å². The molecule has 28 heavy (non-hydrogen) atoms. The molecule has 0 unspecified atom stereocenters. The molecule has 10 heteroatoms. The molecule has 0 saturated heterocycles. The molecule has 0 atom stereocenters. The van der Waals surface area contributed by atoms with Crippen molar-refractivity contribution in [2.75, 3.05) is 14.2 Å². The summed E-state index contributed by atoms with van der Waals surface area (Å²) in [5, 5.41) is 8.06. The van der Waals surface area contributed by atoms with Crippen molar-refractivity contribution in [2.24, 2.45) is 0 Å². The van der Waals surface area contributed by atoms with Gasteiger partial charge >= 0.3 is 0 Å². The molecule has 0 aliphatic carbocycles. The Morgan fingerprint density at radius 3 is 2.46 bits per heavy atom. The van der Waals surface area contributed by atoms with E-state index in [0.717, 1.165) is 5.56 Å². The molecule has 0 amide bonds. The first kappa shape index (κ1) is 20.3. The van der Waals surface area contributed by atoms with E-state index in [1.165, 1.54) is 20.3 Å². The number of aromatic nitrogens is 3. The topological polar surface area (TPSA) is 95.3 Å². The minimum Gasteiger partial charge on any atom is -0.493 e. The standard InChI is InChI=1S/C18H19BrN4O4S/c1-26-16-8-15(19)18(9-17(16)27-2)28(24,25)20-10-14-12-23(22-21-14)11-13-6-4-3-5-7-13/h3-9,12,20H,10-11H2,1-2H3. The number of nitrogens with zero attached hydrogens (tertiary/aromatic N) is 3. The molecular weight excluding hydrogens is 448 g/mol. The Morgan fingerprint density at radius 1 is 1.11 bits per heavy atom. The average Bonchev–Trinajstić information content (AvgIpc) is 3.14. The van der Waals surface area contributed by atoms with Crippen LogP contribution >= 0.6 is 15.9 Å². The number of nitrogens with one attached hydrogen (secondary N) is 1. The van der Waals surface area contributed by atoms with Gasteiger partial charge in [0.2, 0.25) is 10.0 Å². The molecule has 3 rings (SSSR count). The summed E-state index contributed by atoms with van der Waals surface area (Å²) in [5.74, 6) is 0.747. The van der Waals surface area contributed by atoms with Gasteiger partial charge in [-0.05, 0) is 27.6 Å². The van der Waals surface area contributed by atoms with Gasteiger partial charge < -0.3 is 9.47 Å². The highest BCUT2D eigenvalue weighted by molar-refractivity contribution is 9.10. The molecule has 1 N–H and O–H groups in total. The lowest BCUT2D eigenvalue weighted by Gasteiger charge is -2.12. The molecule has 8 nitrogen and oxygen atoms in total. The first-order valence-corrected chi connectivity index (χ1v) is 10.5. The number of hydrogen-bond acceptors (Lipinski definition) is 6. The number of sulfonamides is 1. The third-order valence-corrected chi connectivity index (χ3v) is 6.30. The fraction of sp³-hybridized carbons (Fsp3) is 0.222. The number of halogens is 1. The van der Waals surface area contributed by atoms with Crippen LogP contribution in [-0.2, 0) is 23.1 Å². The van der Waals surface area contributed by atoms with Gasteiger partial charge in [0.25, 0.3) is 0 Å². The van der Waals surface area contributed by atoms with E-state index in [1.54, 1.807) is 16.9 Å². The highest BCUT2D eigenvalue weighted by atomic mass is 79.9. The summed E-state index contributed by atoms with van der Waals surface area (Å²) in [7, 11) is -0.879. The molecule has 0 aliphatic heterocycles. The van der Waals surface area contributed by atoms with Crippen LogP contribution in [-0.4, -0.2) is 37.6 Å². The lowest BCUT2D eigenvalue weighted by Crippen LogP contribution is -2.24. The van der Waals surface area contributed by atoms with Gasteiger partial charge in [0.1, 0.15) is 4.90 Å². The summed E-state index contributed by atoms with van der Waals surface area (Å²) in [6.45, 7) is 0.569. The van der Waals surface area contributed by atoms with Gasteiger partial charge in [-0.2, -0.15) is 0 Å². The van der Waals surface area contributed by atoms with Crippen LogP contribution in [0, 0.1) is 0 Å². The Kier molecular flexibility index (Phi) is 6.32. The lowest BCUT2D eigenvalue weighted by molar-refractivity contribution is 0.353. The summed E-state index contributed by atoms with van der Waals surface area (Å²) in [4.78, 5) is 0.0434. The summed E-state index contributed by atoms with van der Waals surface area (Å²) < 4.78 is 40.3. The van der Waals surface area contributed by atoms with Crippen LogP contribution < -0.4 is 14.2 Å². The van der Waals surface area contributed by atoms with Crippen molar-refractivity contribution in [2.45, 2.75) is 18.0 Å². The van der Waals surface area contributed by atoms with Crippen molar-refractivity contribution >= 4 is 26.0 Å². The predicted molar refractivity (Wildman–Crippen MR) is 107 cm³/mol. The minimum atomic E-state index is -3.81. The normalized spacial score (nSPS) is 11.4. The molecule has 0 aliphatic rings. The van der Waals surface area contributed by atoms with Gasteiger partial charge in [-0.15, -0.1) is 5.10 Å². The molecule has 3 aromatic rings. The van der Waals surface area contributed by atoms with Crippen LogP contribution in [0.1, 0.15) is 11.3 Å². The molecular formula is C18H19BrN4O4S. The summed E-state index contributed by atoms with van der Waals surface area (Å²) in [6.07, 6.45) is 1.71. The molecule has 0 radical (unpaired) electrons. The van der Waals surface area contributed by atoms with Crippen LogP contribution in [0.5, 0.6) is 11.5 Å². The van der Waals surface area contributed by atoms with Crippen LogP contribution in [0.15, 0.2) is 58.0 Å².